The Kier molecular flexibility index (Phi) is 9.03. The second kappa shape index (κ2) is 10.3. The molecule has 0 aliphatic rings. The molecule has 0 unspecified atom stereocenters. The van der Waals surface area contributed by atoms with Crippen molar-refractivity contribution in [2.75, 3.05) is 44.4 Å². The standard InChI is InChI=1S/C15H23Cl2NO2/c1-3-19-9-7-18(8-10-20-4-2)15-6-5-14(17)11-13(15)12-16/h5-6,11H,3-4,7-10,12H2,1-2H3. The van der Waals surface area contributed by atoms with Crippen molar-refractivity contribution in [3.05, 3.63) is 28.8 Å². The van der Waals surface area contributed by atoms with Gasteiger partial charge in [0.15, 0.2) is 0 Å². The van der Waals surface area contributed by atoms with E-state index in [0.29, 0.717) is 24.1 Å². The van der Waals surface area contributed by atoms with Gasteiger partial charge in [-0.25, -0.2) is 0 Å². The number of halogens is 2. The average Bonchev–Trinajstić information content (AvgIpc) is 2.46. The molecule has 0 aromatic heterocycles. The smallest absolute Gasteiger partial charge is 0.0641 e. The van der Waals surface area contributed by atoms with Crippen molar-refractivity contribution < 1.29 is 9.47 Å². The van der Waals surface area contributed by atoms with Crippen LogP contribution in [-0.2, 0) is 15.4 Å². The molecular formula is C15H23Cl2NO2. The van der Waals surface area contributed by atoms with Crippen molar-refractivity contribution in [2.24, 2.45) is 0 Å². The Morgan fingerprint density at radius 2 is 1.65 bits per heavy atom. The summed E-state index contributed by atoms with van der Waals surface area (Å²) in [7, 11) is 0. The molecular weight excluding hydrogens is 297 g/mol. The van der Waals surface area contributed by atoms with Crippen molar-refractivity contribution in [2.45, 2.75) is 19.7 Å². The van der Waals surface area contributed by atoms with E-state index < -0.39 is 0 Å². The van der Waals surface area contributed by atoms with Gasteiger partial charge in [-0.05, 0) is 37.6 Å². The minimum Gasteiger partial charge on any atom is -0.380 e. The highest BCUT2D eigenvalue weighted by Crippen LogP contribution is 2.25. The maximum atomic E-state index is 6.03. The highest BCUT2D eigenvalue weighted by molar-refractivity contribution is 6.30. The number of benzene rings is 1. The fourth-order valence-electron chi connectivity index (χ4n) is 1.96. The molecule has 1 aromatic carbocycles. The third kappa shape index (κ3) is 5.88. The molecule has 0 bridgehead atoms. The van der Waals surface area contributed by atoms with Crippen LogP contribution < -0.4 is 4.90 Å². The highest BCUT2D eigenvalue weighted by Gasteiger charge is 2.11. The normalized spacial score (nSPS) is 10.8. The third-order valence-electron chi connectivity index (χ3n) is 2.95. The average molecular weight is 320 g/mol. The first-order chi connectivity index (χ1) is 9.72. The molecule has 5 heteroatoms. The van der Waals surface area contributed by atoms with Crippen molar-refractivity contribution in [3.63, 3.8) is 0 Å². The molecule has 0 heterocycles. The number of alkyl halides is 1. The summed E-state index contributed by atoms with van der Waals surface area (Å²) in [6.07, 6.45) is 0. The van der Waals surface area contributed by atoms with Gasteiger partial charge in [0.05, 0.1) is 13.2 Å². The Bertz CT molecular complexity index is 378. The number of anilines is 1. The van der Waals surface area contributed by atoms with E-state index in [9.17, 15) is 0 Å². The molecule has 0 aliphatic heterocycles. The molecule has 0 saturated heterocycles. The summed E-state index contributed by atoms with van der Waals surface area (Å²) in [6, 6.07) is 5.82. The van der Waals surface area contributed by atoms with Gasteiger partial charge in [0.2, 0.25) is 0 Å². The third-order valence-corrected chi connectivity index (χ3v) is 3.47. The van der Waals surface area contributed by atoms with E-state index in [1.165, 1.54) is 0 Å². The van der Waals surface area contributed by atoms with Crippen LogP contribution in [0.2, 0.25) is 5.02 Å². The number of hydrogen-bond acceptors (Lipinski definition) is 3. The Labute approximate surface area is 131 Å². The largest absolute Gasteiger partial charge is 0.380 e. The van der Waals surface area contributed by atoms with E-state index in [1.54, 1.807) is 0 Å². The second-order valence-corrected chi connectivity index (χ2v) is 4.99. The summed E-state index contributed by atoms with van der Waals surface area (Å²) in [4.78, 5) is 2.24. The number of ether oxygens (including phenoxy) is 2. The molecule has 0 fully saturated rings. The molecule has 0 N–H and O–H groups in total. The van der Waals surface area contributed by atoms with E-state index >= 15 is 0 Å². The van der Waals surface area contributed by atoms with Gasteiger partial charge >= 0.3 is 0 Å². The van der Waals surface area contributed by atoms with E-state index in [1.807, 2.05) is 32.0 Å². The molecule has 0 spiro atoms. The summed E-state index contributed by atoms with van der Waals surface area (Å²) in [5.74, 6) is 0.440. The lowest BCUT2D eigenvalue weighted by Crippen LogP contribution is -2.31. The van der Waals surface area contributed by atoms with Crippen LogP contribution in [0.25, 0.3) is 0 Å². The first-order valence-electron chi connectivity index (χ1n) is 6.97. The molecule has 1 aromatic rings. The van der Waals surface area contributed by atoms with E-state index in [0.717, 1.165) is 37.6 Å². The lowest BCUT2D eigenvalue weighted by atomic mass is 10.1. The van der Waals surface area contributed by atoms with Crippen LogP contribution >= 0.6 is 23.2 Å². The van der Waals surface area contributed by atoms with E-state index in [-0.39, 0.29) is 0 Å². The zero-order chi connectivity index (χ0) is 14.8. The minimum atomic E-state index is 0.440. The monoisotopic (exact) mass is 319 g/mol. The van der Waals surface area contributed by atoms with Gasteiger partial charge in [-0.15, -0.1) is 11.6 Å². The lowest BCUT2D eigenvalue weighted by molar-refractivity contribution is 0.141. The summed E-state index contributed by atoms with van der Waals surface area (Å²) in [5.41, 5.74) is 2.14. The molecule has 0 amide bonds. The Balaban J connectivity index is 2.78. The summed E-state index contributed by atoms with van der Waals surface area (Å²) >= 11 is 12.1. The fourth-order valence-corrected chi connectivity index (χ4v) is 2.37. The Morgan fingerprint density at radius 1 is 1.05 bits per heavy atom. The van der Waals surface area contributed by atoms with E-state index in [4.69, 9.17) is 32.7 Å². The Hall–Kier alpha value is -0.480. The topological polar surface area (TPSA) is 21.7 Å². The molecule has 0 aliphatic carbocycles. The zero-order valence-electron chi connectivity index (χ0n) is 12.2. The van der Waals surface area contributed by atoms with Crippen LogP contribution in [0.3, 0.4) is 0 Å². The maximum absolute atomic E-state index is 6.03. The van der Waals surface area contributed by atoms with Crippen molar-refractivity contribution in [3.8, 4) is 0 Å². The molecule has 3 nitrogen and oxygen atoms in total. The highest BCUT2D eigenvalue weighted by atomic mass is 35.5. The predicted molar refractivity (Wildman–Crippen MR) is 86.2 cm³/mol. The van der Waals surface area contributed by atoms with Crippen LogP contribution in [0.5, 0.6) is 0 Å². The van der Waals surface area contributed by atoms with Crippen LogP contribution in [0, 0.1) is 0 Å². The Morgan fingerprint density at radius 3 is 2.15 bits per heavy atom. The maximum Gasteiger partial charge on any atom is 0.0641 e. The second-order valence-electron chi connectivity index (χ2n) is 4.29. The minimum absolute atomic E-state index is 0.440. The summed E-state index contributed by atoms with van der Waals surface area (Å²) < 4.78 is 10.9. The first kappa shape index (κ1) is 17.6. The van der Waals surface area contributed by atoms with Crippen LogP contribution in [-0.4, -0.2) is 39.5 Å². The molecule has 114 valence electrons. The molecule has 1 rings (SSSR count). The van der Waals surface area contributed by atoms with Gasteiger partial charge in [-0.3, -0.25) is 0 Å². The zero-order valence-corrected chi connectivity index (χ0v) is 13.7. The van der Waals surface area contributed by atoms with Gasteiger partial charge in [-0.1, -0.05) is 11.6 Å². The van der Waals surface area contributed by atoms with Gasteiger partial charge in [0.25, 0.3) is 0 Å². The van der Waals surface area contributed by atoms with Crippen LogP contribution in [0.15, 0.2) is 18.2 Å². The predicted octanol–water partition coefficient (Wildman–Crippen LogP) is 3.96. The fraction of sp³-hybridized carbons (Fsp3) is 0.600. The van der Waals surface area contributed by atoms with Crippen molar-refractivity contribution >= 4 is 28.9 Å². The molecule has 0 saturated carbocycles. The van der Waals surface area contributed by atoms with Crippen molar-refractivity contribution in [1.29, 1.82) is 0 Å². The van der Waals surface area contributed by atoms with Crippen LogP contribution in [0.1, 0.15) is 19.4 Å². The van der Waals surface area contributed by atoms with Crippen LogP contribution in [0.4, 0.5) is 5.69 Å². The lowest BCUT2D eigenvalue weighted by Gasteiger charge is -2.26. The summed E-state index contributed by atoms with van der Waals surface area (Å²) in [6.45, 7) is 8.44. The SMILES string of the molecule is CCOCCN(CCOCC)c1ccc(Cl)cc1CCl. The summed E-state index contributed by atoms with van der Waals surface area (Å²) in [5, 5.41) is 0.707. The van der Waals surface area contributed by atoms with Gasteiger partial charge in [-0.2, -0.15) is 0 Å². The molecule has 0 atom stereocenters. The van der Waals surface area contributed by atoms with Gasteiger partial charge < -0.3 is 14.4 Å². The number of hydrogen-bond donors (Lipinski definition) is 0. The number of nitrogens with zero attached hydrogens (tertiary/aromatic N) is 1. The van der Waals surface area contributed by atoms with Gasteiger partial charge in [0, 0.05) is 42.9 Å². The molecule has 20 heavy (non-hydrogen) atoms. The molecule has 0 radical (unpaired) electrons. The van der Waals surface area contributed by atoms with Gasteiger partial charge in [0.1, 0.15) is 0 Å². The van der Waals surface area contributed by atoms with Crippen molar-refractivity contribution in [1.82, 2.24) is 0 Å². The number of rotatable bonds is 10. The van der Waals surface area contributed by atoms with E-state index in [2.05, 4.69) is 4.90 Å². The quantitative estimate of drug-likeness (QED) is 0.481. The first-order valence-corrected chi connectivity index (χ1v) is 7.89.